The summed E-state index contributed by atoms with van der Waals surface area (Å²) in [7, 11) is 1.24. The van der Waals surface area contributed by atoms with Crippen LogP contribution in [0.1, 0.15) is 27.9 Å². The number of hydrogen-bond donors (Lipinski definition) is 1. The second-order valence-corrected chi connectivity index (χ2v) is 7.02. The molecule has 0 spiro atoms. The van der Waals surface area contributed by atoms with Crippen LogP contribution in [0.25, 0.3) is 0 Å². The van der Waals surface area contributed by atoms with Crippen molar-refractivity contribution in [2.75, 3.05) is 7.05 Å². The van der Waals surface area contributed by atoms with Gasteiger partial charge in [0.25, 0.3) is 0 Å². The number of hydrogen-bond acceptors (Lipinski definition) is 3. The van der Waals surface area contributed by atoms with Crippen LogP contribution in [-0.4, -0.2) is 35.0 Å². The Balaban J connectivity index is 2.07. The highest BCUT2D eigenvalue weighted by atomic mass is 35.5. The lowest BCUT2D eigenvalue weighted by atomic mass is 9.83. The van der Waals surface area contributed by atoms with Gasteiger partial charge in [-0.3, -0.25) is 5.01 Å². The Bertz CT molecular complexity index is 909. The predicted octanol–water partition coefficient (Wildman–Crippen LogP) is 5.19. The van der Waals surface area contributed by atoms with E-state index >= 15 is 0 Å². The third-order valence-electron chi connectivity index (χ3n) is 4.52. The Morgan fingerprint density at radius 2 is 1.70 bits per heavy atom. The normalized spacial score (nSPS) is 19.9. The van der Waals surface area contributed by atoms with E-state index in [1.807, 2.05) is 0 Å². The molecule has 0 aromatic heterocycles. The number of carboxylic acid groups (broad SMARTS) is 1. The van der Waals surface area contributed by atoms with Crippen molar-refractivity contribution in [2.24, 2.45) is 5.10 Å². The first-order valence-electron chi connectivity index (χ1n) is 7.73. The molecule has 2 aromatic carbocycles. The zero-order valence-electron chi connectivity index (χ0n) is 13.9. The molecule has 9 heteroatoms. The van der Waals surface area contributed by atoms with Crippen LogP contribution in [0.4, 0.5) is 13.2 Å². The lowest BCUT2D eigenvalue weighted by Crippen LogP contribution is -2.50. The number of benzene rings is 2. The summed E-state index contributed by atoms with van der Waals surface area (Å²) in [6.45, 7) is 0. The number of carboxylic acids is 1. The first-order chi connectivity index (χ1) is 12.5. The van der Waals surface area contributed by atoms with E-state index in [1.54, 1.807) is 0 Å². The fourth-order valence-electron chi connectivity index (χ4n) is 3.15. The van der Waals surface area contributed by atoms with Crippen LogP contribution in [0.15, 0.2) is 47.6 Å². The van der Waals surface area contributed by atoms with Crippen LogP contribution < -0.4 is 0 Å². The number of hydrazone groups is 1. The zero-order chi connectivity index (χ0) is 20.0. The van der Waals surface area contributed by atoms with E-state index in [0.29, 0.717) is 5.56 Å². The first kappa shape index (κ1) is 19.5. The third kappa shape index (κ3) is 3.37. The van der Waals surface area contributed by atoms with E-state index in [4.69, 9.17) is 28.3 Å². The maximum atomic E-state index is 14.2. The van der Waals surface area contributed by atoms with Gasteiger partial charge in [0.1, 0.15) is 0 Å². The van der Waals surface area contributed by atoms with Crippen molar-refractivity contribution in [2.45, 2.75) is 18.1 Å². The van der Waals surface area contributed by atoms with Crippen LogP contribution in [-0.2, 0) is 5.54 Å². The van der Waals surface area contributed by atoms with Crippen molar-refractivity contribution in [3.63, 3.8) is 0 Å². The monoisotopic (exact) mass is 416 g/mol. The summed E-state index contributed by atoms with van der Waals surface area (Å²) in [5.74, 6) is -1.12. The van der Waals surface area contributed by atoms with Crippen LogP contribution >= 0.6 is 23.2 Å². The molecular formula is C18H13Cl2F3N2O2. The largest absolute Gasteiger partial charge is 0.478 e. The number of halogens is 5. The molecule has 0 bridgehead atoms. The van der Waals surface area contributed by atoms with Crippen LogP contribution in [0.5, 0.6) is 0 Å². The highest BCUT2D eigenvalue weighted by molar-refractivity contribution is 6.34. The second kappa shape index (κ2) is 6.73. The van der Waals surface area contributed by atoms with E-state index < -0.39 is 24.1 Å². The first-order valence-corrected chi connectivity index (χ1v) is 8.48. The van der Waals surface area contributed by atoms with Crippen molar-refractivity contribution in [1.29, 1.82) is 0 Å². The number of nitrogens with zero attached hydrogens (tertiary/aromatic N) is 2. The van der Waals surface area contributed by atoms with E-state index in [2.05, 4.69) is 5.10 Å². The Hall–Kier alpha value is -2.25. The van der Waals surface area contributed by atoms with Gasteiger partial charge in [0.15, 0.2) is 5.54 Å². The average Bonchev–Trinajstić information content (AvgIpc) is 2.92. The molecule has 142 valence electrons. The molecule has 1 heterocycles. The van der Waals surface area contributed by atoms with E-state index in [1.165, 1.54) is 49.5 Å². The van der Waals surface area contributed by atoms with Gasteiger partial charge in [0.05, 0.1) is 11.3 Å². The minimum atomic E-state index is -4.66. The van der Waals surface area contributed by atoms with Gasteiger partial charge < -0.3 is 5.11 Å². The minimum absolute atomic E-state index is 0.0365. The van der Waals surface area contributed by atoms with Gasteiger partial charge in [0, 0.05) is 23.5 Å². The minimum Gasteiger partial charge on any atom is -0.478 e. The molecule has 1 aliphatic heterocycles. The standard InChI is InChI=1S/C18H13Cl2F3N2O2/c1-25-17(18(21,22)23,12-6-13(19)8-14(20)7-12)9-15(24-25)10-2-4-11(5-3-10)16(26)27/h2-8H,9H2,1H3,(H,26,27). The number of alkyl halides is 3. The van der Waals surface area contributed by atoms with Crippen molar-refractivity contribution >= 4 is 34.9 Å². The molecule has 1 N–H and O–H groups in total. The lowest BCUT2D eigenvalue weighted by Gasteiger charge is -2.37. The smallest absolute Gasteiger partial charge is 0.417 e. The SMILES string of the molecule is CN1N=C(c2ccc(C(=O)O)cc2)CC1(c1cc(Cl)cc(Cl)c1)C(F)(F)F. The number of aromatic carboxylic acids is 1. The fraction of sp³-hybridized carbons (Fsp3) is 0.222. The molecule has 0 aliphatic carbocycles. The van der Waals surface area contributed by atoms with Gasteiger partial charge in [-0.15, -0.1) is 0 Å². The van der Waals surface area contributed by atoms with Gasteiger partial charge in [-0.05, 0) is 41.5 Å². The lowest BCUT2D eigenvalue weighted by molar-refractivity contribution is -0.227. The quantitative estimate of drug-likeness (QED) is 0.748. The molecule has 0 saturated carbocycles. The molecule has 2 aromatic rings. The van der Waals surface area contributed by atoms with Gasteiger partial charge in [-0.2, -0.15) is 18.3 Å². The van der Waals surface area contributed by atoms with Gasteiger partial charge in [-0.25, -0.2) is 4.79 Å². The van der Waals surface area contributed by atoms with Crippen molar-refractivity contribution in [1.82, 2.24) is 5.01 Å². The predicted molar refractivity (Wildman–Crippen MR) is 96.5 cm³/mol. The summed E-state index contributed by atoms with van der Waals surface area (Å²) in [5.41, 5.74) is -1.92. The average molecular weight is 417 g/mol. The topological polar surface area (TPSA) is 52.9 Å². The highest BCUT2D eigenvalue weighted by Gasteiger charge is 2.62. The van der Waals surface area contributed by atoms with Crippen LogP contribution in [0.2, 0.25) is 10.0 Å². The molecule has 3 rings (SSSR count). The molecule has 1 unspecified atom stereocenters. The van der Waals surface area contributed by atoms with Gasteiger partial charge in [0.2, 0.25) is 0 Å². The molecule has 4 nitrogen and oxygen atoms in total. The molecule has 0 fully saturated rings. The Labute approximate surface area is 162 Å². The summed E-state index contributed by atoms with van der Waals surface area (Å²) in [5, 5.41) is 14.1. The maximum absolute atomic E-state index is 14.2. The molecule has 0 saturated heterocycles. The summed E-state index contributed by atoms with van der Waals surface area (Å²) < 4.78 is 42.6. The molecule has 1 aliphatic rings. The third-order valence-corrected chi connectivity index (χ3v) is 4.96. The maximum Gasteiger partial charge on any atom is 0.417 e. The summed E-state index contributed by atoms with van der Waals surface area (Å²) in [4.78, 5) is 11.0. The zero-order valence-corrected chi connectivity index (χ0v) is 15.4. The van der Waals surface area contributed by atoms with E-state index in [0.717, 1.165) is 5.01 Å². The molecule has 0 radical (unpaired) electrons. The Morgan fingerprint density at radius 3 is 2.19 bits per heavy atom. The van der Waals surface area contributed by atoms with E-state index in [-0.39, 0.29) is 26.9 Å². The molecule has 1 atom stereocenters. The Morgan fingerprint density at radius 1 is 1.15 bits per heavy atom. The second-order valence-electron chi connectivity index (χ2n) is 6.15. The summed E-state index contributed by atoms with van der Waals surface area (Å²) >= 11 is 11.9. The van der Waals surface area contributed by atoms with E-state index in [9.17, 15) is 18.0 Å². The fourth-order valence-corrected chi connectivity index (χ4v) is 3.68. The summed E-state index contributed by atoms with van der Waals surface area (Å²) in [6.07, 6.45) is -5.13. The van der Waals surface area contributed by atoms with Crippen molar-refractivity contribution in [3.8, 4) is 0 Å². The van der Waals surface area contributed by atoms with Gasteiger partial charge >= 0.3 is 12.1 Å². The van der Waals surface area contributed by atoms with Gasteiger partial charge in [-0.1, -0.05) is 35.3 Å². The van der Waals surface area contributed by atoms with Crippen LogP contribution in [0.3, 0.4) is 0 Å². The van der Waals surface area contributed by atoms with Crippen LogP contribution in [0, 0.1) is 0 Å². The highest BCUT2D eigenvalue weighted by Crippen LogP contribution is 2.50. The molecule has 27 heavy (non-hydrogen) atoms. The Kier molecular flexibility index (Phi) is 4.86. The molecule has 0 amide bonds. The molecular weight excluding hydrogens is 404 g/mol. The number of carbonyl (C=O) groups is 1. The van der Waals surface area contributed by atoms with Crippen molar-refractivity contribution < 1.29 is 23.1 Å². The summed E-state index contributed by atoms with van der Waals surface area (Å²) in [6, 6.07) is 9.33. The number of rotatable bonds is 3. The van der Waals surface area contributed by atoms with Crippen molar-refractivity contribution in [3.05, 3.63) is 69.2 Å².